The first-order valence-electron chi connectivity index (χ1n) is 8.81. The number of carbonyl (C=O) groups is 1. The quantitative estimate of drug-likeness (QED) is 0.893. The second-order valence-electron chi connectivity index (χ2n) is 7.00. The molecule has 2 aromatic rings. The molecule has 1 aliphatic heterocycles. The molecule has 7 heteroatoms. The van der Waals surface area contributed by atoms with Crippen molar-refractivity contribution in [2.75, 3.05) is 23.3 Å². The molecule has 4 rings (SSSR count). The third-order valence-electron chi connectivity index (χ3n) is 4.60. The highest BCUT2D eigenvalue weighted by Gasteiger charge is 2.26. The van der Waals surface area contributed by atoms with Gasteiger partial charge in [0.2, 0.25) is 0 Å². The summed E-state index contributed by atoms with van der Waals surface area (Å²) in [6.07, 6.45) is 4.41. The Kier molecular flexibility index (Phi) is 4.17. The molecule has 0 aromatic carbocycles. The number of aromatic amines is 1. The summed E-state index contributed by atoms with van der Waals surface area (Å²) in [5, 5.41) is 9.90. The molecule has 2 aromatic heterocycles. The summed E-state index contributed by atoms with van der Waals surface area (Å²) in [5.41, 5.74) is 2.13. The number of hydrogen-bond donors (Lipinski definition) is 2. The number of hydrogen-bond acceptors (Lipinski definition) is 5. The van der Waals surface area contributed by atoms with Crippen LogP contribution in [0, 0.1) is 0 Å². The number of ether oxygens (including phenoxy) is 1. The molecule has 1 saturated heterocycles. The van der Waals surface area contributed by atoms with E-state index in [2.05, 4.69) is 39.2 Å². The van der Waals surface area contributed by atoms with E-state index in [1.54, 1.807) is 6.20 Å². The molecule has 3 heterocycles. The first kappa shape index (κ1) is 16.1. The van der Waals surface area contributed by atoms with Gasteiger partial charge >= 0.3 is 0 Å². The third kappa shape index (κ3) is 3.66. The maximum atomic E-state index is 12.3. The van der Waals surface area contributed by atoms with Gasteiger partial charge in [-0.15, -0.1) is 0 Å². The second-order valence-corrected chi connectivity index (χ2v) is 7.00. The van der Waals surface area contributed by atoms with Gasteiger partial charge in [0, 0.05) is 24.7 Å². The van der Waals surface area contributed by atoms with E-state index in [1.165, 1.54) is 12.8 Å². The van der Waals surface area contributed by atoms with Crippen LogP contribution in [-0.2, 0) is 4.74 Å². The molecule has 2 atom stereocenters. The zero-order valence-electron chi connectivity index (χ0n) is 14.5. The van der Waals surface area contributed by atoms with Crippen LogP contribution in [-0.4, -0.2) is 46.4 Å². The van der Waals surface area contributed by atoms with Crippen molar-refractivity contribution in [1.29, 1.82) is 0 Å². The Labute approximate surface area is 146 Å². The minimum Gasteiger partial charge on any atom is -0.372 e. The molecular weight excluding hydrogens is 318 g/mol. The molecule has 2 unspecified atom stereocenters. The average molecular weight is 341 g/mol. The lowest BCUT2D eigenvalue weighted by molar-refractivity contribution is -0.00545. The van der Waals surface area contributed by atoms with Crippen molar-refractivity contribution >= 4 is 17.4 Å². The molecular formula is C18H23N5O2. The molecule has 2 fully saturated rings. The third-order valence-corrected chi connectivity index (χ3v) is 4.60. The summed E-state index contributed by atoms with van der Waals surface area (Å²) in [7, 11) is 0. The zero-order chi connectivity index (χ0) is 17.4. The van der Waals surface area contributed by atoms with Crippen LogP contribution in [0.25, 0.3) is 0 Å². The topological polar surface area (TPSA) is 83.1 Å². The summed E-state index contributed by atoms with van der Waals surface area (Å²) in [6.45, 7) is 5.77. The molecule has 0 spiro atoms. The Morgan fingerprint density at radius 3 is 2.68 bits per heavy atom. The molecule has 0 radical (unpaired) electrons. The SMILES string of the molecule is CC1CN(c2ccc(NC(=O)c3cc(C4CC4)[nH]n3)cn2)CC(C)O1. The highest BCUT2D eigenvalue weighted by molar-refractivity contribution is 6.02. The smallest absolute Gasteiger partial charge is 0.276 e. The lowest BCUT2D eigenvalue weighted by Gasteiger charge is -2.36. The fourth-order valence-electron chi connectivity index (χ4n) is 3.26. The number of aromatic nitrogens is 3. The first-order chi connectivity index (χ1) is 12.1. The van der Waals surface area contributed by atoms with Crippen molar-refractivity contribution in [3.8, 4) is 0 Å². The normalized spacial score (nSPS) is 23.5. The molecule has 2 aliphatic rings. The second kappa shape index (κ2) is 6.48. The Balaban J connectivity index is 1.40. The van der Waals surface area contributed by atoms with Crippen LogP contribution in [0.3, 0.4) is 0 Å². The van der Waals surface area contributed by atoms with Crippen molar-refractivity contribution in [1.82, 2.24) is 15.2 Å². The number of H-pyrrole nitrogens is 1. The van der Waals surface area contributed by atoms with Gasteiger partial charge in [-0.3, -0.25) is 9.89 Å². The average Bonchev–Trinajstić information content (AvgIpc) is 3.31. The summed E-state index contributed by atoms with van der Waals surface area (Å²) in [5.74, 6) is 1.23. The zero-order valence-corrected chi connectivity index (χ0v) is 14.5. The molecule has 1 amide bonds. The number of pyridine rings is 1. The fourth-order valence-corrected chi connectivity index (χ4v) is 3.26. The van der Waals surface area contributed by atoms with Crippen LogP contribution >= 0.6 is 0 Å². The Morgan fingerprint density at radius 2 is 2.04 bits per heavy atom. The predicted molar refractivity (Wildman–Crippen MR) is 95.0 cm³/mol. The lowest BCUT2D eigenvalue weighted by Crippen LogP contribution is -2.45. The van der Waals surface area contributed by atoms with Crippen LogP contribution in [0.1, 0.15) is 48.8 Å². The Morgan fingerprint density at radius 1 is 1.28 bits per heavy atom. The van der Waals surface area contributed by atoms with Gasteiger partial charge in [0.05, 0.1) is 24.1 Å². The minimum absolute atomic E-state index is 0.185. The summed E-state index contributed by atoms with van der Waals surface area (Å²) < 4.78 is 5.75. The molecule has 2 N–H and O–H groups in total. The molecule has 132 valence electrons. The van der Waals surface area contributed by atoms with Gasteiger partial charge in [-0.2, -0.15) is 5.10 Å². The first-order valence-corrected chi connectivity index (χ1v) is 8.81. The van der Waals surface area contributed by atoms with E-state index in [0.29, 0.717) is 17.3 Å². The van der Waals surface area contributed by atoms with Crippen LogP contribution in [0.2, 0.25) is 0 Å². The maximum absolute atomic E-state index is 12.3. The van der Waals surface area contributed by atoms with Gasteiger partial charge in [-0.25, -0.2) is 4.98 Å². The van der Waals surface area contributed by atoms with Gasteiger partial charge in [-0.1, -0.05) is 0 Å². The standard InChI is InChI=1S/C18H23N5O2/c1-11-9-23(10-12(2)25-11)17-6-5-14(8-19-17)20-18(24)16-7-15(21-22-16)13-3-4-13/h5-8,11-13H,3-4,9-10H2,1-2H3,(H,20,24)(H,21,22). The number of morpholine rings is 1. The molecule has 1 aliphatic carbocycles. The fraction of sp³-hybridized carbons (Fsp3) is 0.500. The highest BCUT2D eigenvalue weighted by Crippen LogP contribution is 2.39. The molecule has 25 heavy (non-hydrogen) atoms. The van der Waals surface area contributed by atoms with Gasteiger partial charge in [0.1, 0.15) is 5.82 Å². The minimum atomic E-state index is -0.216. The summed E-state index contributed by atoms with van der Waals surface area (Å²) >= 11 is 0. The van der Waals surface area contributed by atoms with Crippen molar-refractivity contribution in [3.63, 3.8) is 0 Å². The van der Waals surface area contributed by atoms with Gasteiger partial charge in [0.25, 0.3) is 5.91 Å². The van der Waals surface area contributed by atoms with E-state index in [9.17, 15) is 4.79 Å². The highest BCUT2D eigenvalue weighted by atomic mass is 16.5. The van der Waals surface area contributed by atoms with Crippen molar-refractivity contribution < 1.29 is 9.53 Å². The Bertz CT molecular complexity index is 743. The van der Waals surface area contributed by atoms with Crippen molar-refractivity contribution in [3.05, 3.63) is 35.8 Å². The van der Waals surface area contributed by atoms with Crippen molar-refractivity contribution in [2.45, 2.75) is 44.8 Å². The summed E-state index contributed by atoms with van der Waals surface area (Å²) in [4.78, 5) is 19.0. The van der Waals surface area contributed by atoms with E-state index < -0.39 is 0 Å². The van der Waals surface area contributed by atoms with Gasteiger partial charge in [0.15, 0.2) is 5.69 Å². The monoisotopic (exact) mass is 341 g/mol. The maximum Gasteiger partial charge on any atom is 0.276 e. The number of nitrogens with one attached hydrogen (secondary N) is 2. The van der Waals surface area contributed by atoms with E-state index in [-0.39, 0.29) is 18.1 Å². The number of nitrogens with zero attached hydrogens (tertiary/aromatic N) is 3. The number of carbonyl (C=O) groups excluding carboxylic acids is 1. The van der Waals surface area contributed by atoms with Crippen molar-refractivity contribution in [2.24, 2.45) is 0 Å². The van der Waals surface area contributed by atoms with Crippen LogP contribution in [0.15, 0.2) is 24.4 Å². The number of rotatable bonds is 4. The van der Waals surface area contributed by atoms with Crippen LogP contribution in [0.4, 0.5) is 11.5 Å². The van der Waals surface area contributed by atoms with E-state index >= 15 is 0 Å². The Hall–Kier alpha value is -2.41. The largest absolute Gasteiger partial charge is 0.372 e. The predicted octanol–water partition coefficient (Wildman–Crippen LogP) is 2.55. The number of amides is 1. The van der Waals surface area contributed by atoms with E-state index in [1.807, 2.05) is 18.2 Å². The lowest BCUT2D eigenvalue weighted by atomic mass is 10.2. The van der Waals surface area contributed by atoms with Crippen LogP contribution in [0.5, 0.6) is 0 Å². The summed E-state index contributed by atoms with van der Waals surface area (Å²) in [6, 6.07) is 5.64. The van der Waals surface area contributed by atoms with E-state index in [4.69, 9.17) is 4.74 Å². The molecule has 7 nitrogen and oxygen atoms in total. The molecule has 0 bridgehead atoms. The van der Waals surface area contributed by atoms with Crippen LogP contribution < -0.4 is 10.2 Å². The number of anilines is 2. The van der Waals surface area contributed by atoms with Gasteiger partial charge < -0.3 is 15.0 Å². The van der Waals surface area contributed by atoms with Gasteiger partial charge in [-0.05, 0) is 44.9 Å². The molecule has 1 saturated carbocycles. The van der Waals surface area contributed by atoms with E-state index in [0.717, 1.165) is 24.6 Å².